The summed E-state index contributed by atoms with van der Waals surface area (Å²) in [6.07, 6.45) is 2.90. The molecule has 0 amide bonds. The van der Waals surface area contributed by atoms with Gasteiger partial charge in [0, 0.05) is 13.1 Å². The first-order valence-corrected chi connectivity index (χ1v) is 5.80. The highest BCUT2D eigenvalue weighted by atomic mass is 19.1. The Morgan fingerprint density at radius 1 is 1.36 bits per heavy atom. The number of alkyl halides is 1. The zero-order chi connectivity index (χ0) is 9.97. The van der Waals surface area contributed by atoms with Gasteiger partial charge in [0.15, 0.2) is 0 Å². The molecule has 0 bridgehead atoms. The normalized spacial score (nSPS) is 41.1. The van der Waals surface area contributed by atoms with Crippen LogP contribution in [-0.4, -0.2) is 44.3 Å². The van der Waals surface area contributed by atoms with Gasteiger partial charge in [-0.25, -0.2) is 4.39 Å². The number of hydrogen-bond donors (Lipinski definition) is 1. The van der Waals surface area contributed by atoms with Crippen molar-refractivity contribution < 1.29 is 4.39 Å². The highest BCUT2D eigenvalue weighted by Crippen LogP contribution is 2.30. The smallest absolute Gasteiger partial charge is 0.116 e. The molecular weight excluding hydrogens is 179 g/mol. The number of likely N-dealkylation sites (tertiary alicyclic amines) is 1. The van der Waals surface area contributed by atoms with Crippen LogP contribution in [0.5, 0.6) is 0 Å². The molecule has 0 spiro atoms. The predicted octanol–water partition coefficient (Wildman–Crippen LogP) is 1.28. The monoisotopic (exact) mass is 200 g/mol. The van der Waals surface area contributed by atoms with Gasteiger partial charge in [-0.2, -0.15) is 0 Å². The van der Waals surface area contributed by atoms with Crippen molar-refractivity contribution in [2.75, 3.05) is 33.2 Å². The van der Waals surface area contributed by atoms with Gasteiger partial charge in [0.25, 0.3) is 0 Å². The molecule has 0 radical (unpaired) electrons. The Hall–Kier alpha value is -0.150. The molecule has 2 saturated heterocycles. The predicted molar refractivity (Wildman–Crippen MR) is 56.1 cm³/mol. The van der Waals surface area contributed by atoms with Gasteiger partial charge in [-0.1, -0.05) is 0 Å². The van der Waals surface area contributed by atoms with Gasteiger partial charge in [-0.3, -0.25) is 0 Å². The first kappa shape index (κ1) is 10.4. The largest absolute Gasteiger partial charge is 0.314 e. The molecule has 0 aromatic carbocycles. The summed E-state index contributed by atoms with van der Waals surface area (Å²) in [5.41, 5.74) is 0. The topological polar surface area (TPSA) is 15.3 Å². The molecule has 3 unspecified atom stereocenters. The zero-order valence-electron chi connectivity index (χ0n) is 9.01. The molecule has 14 heavy (non-hydrogen) atoms. The molecule has 2 aliphatic heterocycles. The van der Waals surface area contributed by atoms with E-state index < -0.39 is 6.17 Å². The molecule has 2 fully saturated rings. The molecule has 2 aliphatic rings. The summed E-state index contributed by atoms with van der Waals surface area (Å²) < 4.78 is 13.7. The molecule has 3 atom stereocenters. The van der Waals surface area contributed by atoms with Crippen LogP contribution in [0.3, 0.4) is 0 Å². The lowest BCUT2D eigenvalue weighted by atomic mass is 9.79. The van der Waals surface area contributed by atoms with Crippen molar-refractivity contribution in [2.45, 2.75) is 25.4 Å². The van der Waals surface area contributed by atoms with E-state index in [1.807, 2.05) is 0 Å². The highest BCUT2D eigenvalue weighted by Gasteiger charge is 2.33. The molecule has 82 valence electrons. The molecule has 0 aromatic heterocycles. The van der Waals surface area contributed by atoms with E-state index in [1.165, 1.54) is 19.4 Å². The molecule has 2 rings (SSSR count). The summed E-state index contributed by atoms with van der Waals surface area (Å²) >= 11 is 0. The second-order valence-corrected chi connectivity index (χ2v) is 4.84. The minimum absolute atomic E-state index is 0.319. The Morgan fingerprint density at radius 2 is 2.21 bits per heavy atom. The lowest BCUT2D eigenvalue weighted by Crippen LogP contribution is -2.45. The van der Waals surface area contributed by atoms with Crippen molar-refractivity contribution in [2.24, 2.45) is 11.8 Å². The molecule has 2 heterocycles. The lowest BCUT2D eigenvalue weighted by Gasteiger charge is -2.38. The van der Waals surface area contributed by atoms with Gasteiger partial charge < -0.3 is 10.2 Å². The van der Waals surface area contributed by atoms with Crippen molar-refractivity contribution in [3.63, 3.8) is 0 Å². The van der Waals surface area contributed by atoms with Gasteiger partial charge >= 0.3 is 0 Å². The first-order valence-electron chi connectivity index (χ1n) is 5.80. The van der Waals surface area contributed by atoms with Crippen molar-refractivity contribution in [3.8, 4) is 0 Å². The number of nitrogens with one attached hydrogen (secondary N) is 1. The van der Waals surface area contributed by atoms with Crippen molar-refractivity contribution >= 4 is 0 Å². The summed E-state index contributed by atoms with van der Waals surface area (Å²) in [4.78, 5) is 2.35. The highest BCUT2D eigenvalue weighted by molar-refractivity contribution is 4.86. The number of rotatable bonds is 1. The molecule has 0 aromatic rings. The van der Waals surface area contributed by atoms with E-state index in [-0.39, 0.29) is 0 Å². The van der Waals surface area contributed by atoms with Crippen molar-refractivity contribution in [1.29, 1.82) is 0 Å². The van der Waals surface area contributed by atoms with Crippen LogP contribution in [0.25, 0.3) is 0 Å². The average Bonchev–Trinajstić information content (AvgIpc) is 2.18. The summed E-state index contributed by atoms with van der Waals surface area (Å²) in [7, 11) is 2.15. The second kappa shape index (κ2) is 4.58. The number of nitrogens with zero attached hydrogens (tertiary/aromatic N) is 1. The Kier molecular flexibility index (Phi) is 3.39. The number of hydrogen-bond acceptors (Lipinski definition) is 2. The minimum Gasteiger partial charge on any atom is -0.314 e. The van der Waals surface area contributed by atoms with E-state index in [0.717, 1.165) is 19.5 Å². The van der Waals surface area contributed by atoms with Crippen LogP contribution in [0.1, 0.15) is 19.3 Å². The van der Waals surface area contributed by atoms with Crippen LogP contribution in [0.2, 0.25) is 0 Å². The first-order chi connectivity index (χ1) is 6.77. The van der Waals surface area contributed by atoms with Crippen LogP contribution in [0.15, 0.2) is 0 Å². The standard InChI is InChI=1S/C11H21FN2/c1-14-6-2-3-9(8-14)10-4-5-13-7-11(10)12/h9-11,13H,2-8H2,1H3. The fourth-order valence-corrected chi connectivity index (χ4v) is 2.93. The third-order valence-electron chi connectivity index (χ3n) is 3.72. The van der Waals surface area contributed by atoms with E-state index in [1.54, 1.807) is 0 Å². The molecule has 0 saturated carbocycles. The van der Waals surface area contributed by atoms with Crippen molar-refractivity contribution in [1.82, 2.24) is 10.2 Å². The van der Waals surface area contributed by atoms with Crippen LogP contribution in [0.4, 0.5) is 4.39 Å². The third-order valence-corrected chi connectivity index (χ3v) is 3.72. The van der Waals surface area contributed by atoms with Crippen LogP contribution in [0, 0.1) is 11.8 Å². The maximum atomic E-state index is 13.7. The molecule has 0 aliphatic carbocycles. The van der Waals surface area contributed by atoms with Crippen molar-refractivity contribution in [3.05, 3.63) is 0 Å². The quantitative estimate of drug-likeness (QED) is 0.686. The SMILES string of the molecule is CN1CCCC(C2CCNCC2F)C1. The lowest BCUT2D eigenvalue weighted by molar-refractivity contribution is 0.0762. The van der Waals surface area contributed by atoms with Gasteiger partial charge in [0.2, 0.25) is 0 Å². The summed E-state index contributed by atoms with van der Waals surface area (Å²) in [6.45, 7) is 3.87. The fraction of sp³-hybridized carbons (Fsp3) is 1.00. The molecule has 1 N–H and O–H groups in total. The van der Waals surface area contributed by atoms with E-state index in [9.17, 15) is 4.39 Å². The molecular formula is C11H21FN2. The zero-order valence-corrected chi connectivity index (χ0v) is 9.01. The van der Waals surface area contributed by atoms with Gasteiger partial charge in [-0.05, 0) is 51.2 Å². The average molecular weight is 200 g/mol. The summed E-state index contributed by atoms with van der Waals surface area (Å²) in [5, 5.41) is 3.13. The minimum atomic E-state index is -0.611. The van der Waals surface area contributed by atoms with Gasteiger partial charge in [-0.15, -0.1) is 0 Å². The Balaban J connectivity index is 1.91. The van der Waals surface area contributed by atoms with Gasteiger partial charge in [0.1, 0.15) is 6.17 Å². The summed E-state index contributed by atoms with van der Waals surface area (Å²) in [5.74, 6) is 0.921. The Labute approximate surface area is 85.9 Å². The van der Waals surface area contributed by atoms with Crippen LogP contribution >= 0.6 is 0 Å². The van der Waals surface area contributed by atoms with E-state index in [0.29, 0.717) is 18.4 Å². The Morgan fingerprint density at radius 3 is 2.93 bits per heavy atom. The maximum Gasteiger partial charge on any atom is 0.116 e. The summed E-state index contributed by atoms with van der Waals surface area (Å²) in [6, 6.07) is 0. The number of halogens is 1. The fourth-order valence-electron chi connectivity index (χ4n) is 2.93. The number of piperidine rings is 2. The molecule has 3 heteroatoms. The maximum absolute atomic E-state index is 13.7. The van der Waals surface area contributed by atoms with Crippen LogP contribution < -0.4 is 5.32 Å². The van der Waals surface area contributed by atoms with E-state index in [2.05, 4.69) is 17.3 Å². The molecule has 2 nitrogen and oxygen atoms in total. The van der Waals surface area contributed by atoms with E-state index in [4.69, 9.17) is 0 Å². The third kappa shape index (κ3) is 2.26. The van der Waals surface area contributed by atoms with E-state index >= 15 is 0 Å². The second-order valence-electron chi connectivity index (χ2n) is 4.84. The van der Waals surface area contributed by atoms with Gasteiger partial charge in [0.05, 0.1) is 0 Å². The Bertz CT molecular complexity index is 186. The van der Waals surface area contributed by atoms with Crippen LogP contribution in [-0.2, 0) is 0 Å².